The molecule has 2 amide bonds. The molecule has 0 unspecified atom stereocenters. The minimum atomic E-state index is -0.490. The van der Waals surface area contributed by atoms with Crippen LogP contribution in [-0.2, 0) is 9.53 Å². The molecule has 0 aromatic carbocycles. The number of methoxy groups -OCH3 is 1. The molecule has 2 rings (SSSR count). The third-order valence-electron chi connectivity index (χ3n) is 2.73. The summed E-state index contributed by atoms with van der Waals surface area (Å²) in [6.45, 7) is 0.220. The molecule has 8 heteroatoms. The summed E-state index contributed by atoms with van der Waals surface area (Å²) in [5, 5.41) is 10.5. The highest BCUT2D eigenvalue weighted by Crippen LogP contribution is 2.23. The Labute approximate surface area is 135 Å². The number of thiophene rings is 2. The van der Waals surface area contributed by atoms with Gasteiger partial charge < -0.3 is 15.4 Å². The fourth-order valence-electron chi connectivity index (χ4n) is 1.66. The normalized spacial score (nSPS) is 10.0. The first-order valence-corrected chi connectivity index (χ1v) is 8.20. The Kier molecular flexibility index (Phi) is 5.68. The van der Waals surface area contributed by atoms with Crippen molar-refractivity contribution in [3.63, 3.8) is 0 Å². The Morgan fingerprint density at radius 1 is 1.23 bits per heavy atom. The number of nitrogens with one attached hydrogen (secondary N) is 2. The molecule has 0 atom stereocenters. The second kappa shape index (κ2) is 7.71. The lowest BCUT2D eigenvalue weighted by Crippen LogP contribution is -2.27. The minimum absolute atomic E-state index is 0.117. The second-order valence-corrected chi connectivity index (χ2v) is 5.92. The van der Waals surface area contributed by atoms with Crippen molar-refractivity contribution in [3.8, 4) is 0 Å². The van der Waals surface area contributed by atoms with Gasteiger partial charge in [-0.05, 0) is 22.9 Å². The van der Waals surface area contributed by atoms with E-state index < -0.39 is 5.97 Å². The summed E-state index contributed by atoms with van der Waals surface area (Å²) in [5.74, 6) is -0.981. The summed E-state index contributed by atoms with van der Waals surface area (Å²) in [7, 11) is 1.29. The van der Waals surface area contributed by atoms with Crippen molar-refractivity contribution < 1.29 is 19.1 Å². The van der Waals surface area contributed by atoms with Gasteiger partial charge in [-0.1, -0.05) is 0 Å². The van der Waals surface area contributed by atoms with Crippen molar-refractivity contribution >= 4 is 46.1 Å². The molecule has 0 aliphatic heterocycles. The van der Waals surface area contributed by atoms with Crippen LogP contribution in [0.5, 0.6) is 0 Å². The Morgan fingerprint density at radius 2 is 2.05 bits per heavy atom. The van der Waals surface area contributed by atoms with E-state index in [1.54, 1.807) is 22.9 Å². The van der Waals surface area contributed by atoms with Crippen LogP contribution in [-0.4, -0.2) is 31.4 Å². The third kappa shape index (κ3) is 4.15. The molecule has 116 valence electrons. The zero-order valence-corrected chi connectivity index (χ0v) is 13.4. The maximum atomic E-state index is 11.8. The first-order chi connectivity index (χ1) is 10.6. The van der Waals surface area contributed by atoms with Crippen LogP contribution in [0.4, 0.5) is 5.69 Å². The van der Waals surface area contributed by atoms with Crippen LogP contribution >= 0.6 is 22.7 Å². The van der Waals surface area contributed by atoms with Crippen LogP contribution in [0.3, 0.4) is 0 Å². The molecule has 2 heterocycles. The van der Waals surface area contributed by atoms with Gasteiger partial charge in [0, 0.05) is 23.9 Å². The van der Waals surface area contributed by atoms with Gasteiger partial charge in [0.2, 0.25) is 5.91 Å². The van der Waals surface area contributed by atoms with E-state index in [1.165, 1.54) is 29.8 Å². The molecule has 0 bridgehead atoms. The van der Waals surface area contributed by atoms with Crippen molar-refractivity contribution in [2.45, 2.75) is 6.42 Å². The number of ether oxygens (including phenoxy) is 1. The minimum Gasteiger partial charge on any atom is -0.465 e. The van der Waals surface area contributed by atoms with E-state index in [0.29, 0.717) is 16.1 Å². The zero-order chi connectivity index (χ0) is 15.9. The summed E-state index contributed by atoms with van der Waals surface area (Å²) >= 11 is 2.63. The Morgan fingerprint density at radius 3 is 2.73 bits per heavy atom. The molecule has 2 aromatic rings. The first kappa shape index (κ1) is 16.2. The third-order valence-corrected chi connectivity index (χ3v) is 4.31. The SMILES string of the molecule is COC(=O)c1sccc1NC(=O)CCNC(=O)c1ccsc1. The topological polar surface area (TPSA) is 84.5 Å². The van der Waals surface area contributed by atoms with E-state index in [-0.39, 0.29) is 24.8 Å². The maximum Gasteiger partial charge on any atom is 0.350 e. The quantitative estimate of drug-likeness (QED) is 0.792. The van der Waals surface area contributed by atoms with Gasteiger partial charge >= 0.3 is 5.97 Å². The van der Waals surface area contributed by atoms with E-state index in [0.717, 1.165) is 0 Å². The van der Waals surface area contributed by atoms with Gasteiger partial charge in [-0.15, -0.1) is 11.3 Å². The number of hydrogen-bond acceptors (Lipinski definition) is 6. The lowest BCUT2D eigenvalue weighted by molar-refractivity contribution is -0.116. The van der Waals surface area contributed by atoms with Gasteiger partial charge in [0.25, 0.3) is 5.91 Å². The van der Waals surface area contributed by atoms with Crippen LogP contribution in [0.15, 0.2) is 28.3 Å². The molecule has 0 saturated heterocycles. The van der Waals surface area contributed by atoms with Crippen molar-refractivity contribution in [1.82, 2.24) is 5.32 Å². The van der Waals surface area contributed by atoms with Crippen molar-refractivity contribution in [2.24, 2.45) is 0 Å². The number of hydrogen-bond donors (Lipinski definition) is 2. The Balaban J connectivity index is 1.80. The number of amides is 2. The Hall–Kier alpha value is -2.19. The fourth-order valence-corrected chi connectivity index (χ4v) is 3.06. The molecule has 0 spiro atoms. The van der Waals surface area contributed by atoms with Crippen molar-refractivity contribution in [2.75, 3.05) is 19.0 Å². The average molecular weight is 338 g/mol. The summed E-state index contributed by atoms with van der Waals surface area (Å²) in [4.78, 5) is 35.4. The Bertz CT molecular complexity index is 664. The highest BCUT2D eigenvalue weighted by atomic mass is 32.1. The van der Waals surface area contributed by atoms with E-state index in [1.807, 2.05) is 5.38 Å². The van der Waals surface area contributed by atoms with Gasteiger partial charge in [0.05, 0.1) is 12.8 Å². The van der Waals surface area contributed by atoms with E-state index in [9.17, 15) is 14.4 Å². The predicted octanol–water partition coefficient (Wildman–Crippen LogP) is 2.35. The fraction of sp³-hybridized carbons (Fsp3) is 0.214. The largest absolute Gasteiger partial charge is 0.465 e. The zero-order valence-electron chi connectivity index (χ0n) is 11.8. The summed E-state index contributed by atoms with van der Waals surface area (Å²) in [6, 6.07) is 3.35. The van der Waals surface area contributed by atoms with Gasteiger partial charge in [0.15, 0.2) is 0 Å². The lowest BCUT2D eigenvalue weighted by Gasteiger charge is -2.06. The number of carbonyl (C=O) groups is 3. The average Bonchev–Trinajstić information content (AvgIpc) is 3.17. The highest BCUT2D eigenvalue weighted by molar-refractivity contribution is 7.12. The molecular weight excluding hydrogens is 324 g/mol. The smallest absolute Gasteiger partial charge is 0.350 e. The molecule has 22 heavy (non-hydrogen) atoms. The maximum absolute atomic E-state index is 11.8. The van der Waals surface area contributed by atoms with Gasteiger partial charge in [-0.3, -0.25) is 9.59 Å². The van der Waals surface area contributed by atoms with Crippen molar-refractivity contribution in [1.29, 1.82) is 0 Å². The monoisotopic (exact) mass is 338 g/mol. The summed E-state index contributed by atoms with van der Waals surface area (Å²) < 4.78 is 4.63. The standard InChI is InChI=1S/C14H14N2O4S2/c1-20-14(19)12-10(4-7-22-12)16-11(17)2-5-15-13(18)9-3-6-21-8-9/h3-4,6-8H,2,5H2,1H3,(H,15,18)(H,16,17). The number of anilines is 1. The van der Waals surface area contributed by atoms with Crippen LogP contribution in [0, 0.1) is 0 Å². The van der Waals surface area contributed by atoms with Crippen LogP contribution in [0.2, 0.25) is 0 Å². The molecular formula is C14H14N2O4S2. The summed E-state index contributed by atoms with van der Waals surface area (Å²) in [6.07, 6.45) is 0.117. The number of carbonyl (C=O) groups excluding carboxylic acids is 3. The van der Waals surface area contributed by atoms with Gasteiger partial charge in [-0.2, -0.15) is 11.3 Å². The van der Waals surface area contributed by atoms with Gasteiger partial charge in [0.1, 0.15) is 4.88 Å². The second-order valence-electron chi connectivity index (χ2n) is 4.22. The highest BCUT2D eigenvalue weighted by Gasteiger charge is 2.15. The molecule has 2 N–H and O–H groups in total. The van der Waals surface area contributed by atoms with E-state index in [4.69, 9.17) is 0 Å². The van der Waals surface area contributed by atoms with Crippen LogP contribution in [0.25, 0.3) is 0 Å². The molecule has 0 fully saturated rings. The molecule has 0 saturated carbocycles. The number of esters is 1. The molecule has 6 nitrogen and oxygen atoms in total. The van der Waals surface area contributed by atoms with E-state index >= 15 is 0 Å². The molecule has 0 aliphatic carbocycles. The predicted molar refractivity (Wildman–Crippen MR) is 85.6 cm³/mol. The number of rotatable bonds is 6. The van der Waals surface area contributed by atoms with Crippen LogP contribution in [0.1, 0.15) is 26.5 Å². The summed E-state index contributed by atoms with van der Waals surface area (Å²) in [5.41, 5.74) is 1.00. The molecule has 2 aromatic heterocycles. The first-order valence-electron chi connectivity index (χ1n) is 6.38. The van der Waals surface area contributed by atoms with Gasteiger partial charge in [-0.25, -0.2) is 4.79 Å². The molecule has 0 radical (unpaired) electrons. The lowest BCUT2D eigenvalue weighted by atomic mass is 10.3. The van der Waals surface area contributed by atoms with Crippen LogP contribution < -0.4 is 10.6 Å². The molecule has 0 aliphatic rings. The van der Waals surface area contributed by atoms with E-state index in [2.05, 4.69) is 15.4 Å². The van der Waals surface area contributed by atoms with Crippen molar-refractivity contribution in [3.05, 3.63) is 38.7 Å².